The molecule has 1 aliphatic heterocycles. The number of alkyl halides is 1. The molecule has 0 saturated heterocycles. The normalized spacial score (nSPS) is 15.8. The predicted octanol–water partition coefficient (Wildman–Crippen LogP) is 4.97. The van der Waals surface area contributed by atoms with E-state index < -0.39 is 0 Å². The molecule has 1 atom stereocenters. The first-order chi connectivity index (χ1) is 9.56. The van der Waals surface area contributed by atoms with Crippen LogP contribution in [0.15, 0.2) is 34.1 Å². The van der Waals surface area contributed by atoms with Gasteiger partial charge in [0.25, 0.3) is 0 Å². The number of anilines is 1. The molecule has 0 saturated carbocycles. The average Bonchev–Trinajstić information content (AvgIpc) is 2.85. The molecule has 0 spiro atoms. The number of halogens is 2. The maximum atomic E-state index is 11.6. The van der Waals surface area contributed by atoms with Gasteiger partial charge in [0.15, 0.2) is 0 Å². The maximum absolute atomic E-state index is 11.6. The van der Waals surface area contributed by atoms with Crippen molar-refractivity contribution in [3.05, 3.63) is 50.1 Å². The van der Waals surface area contributed by atoms with Crippen molar-refractivity contribution in [3.8, 4) is 0 Å². The molecule has 1 aliphatic rings. The van der Waals surface area contributed by atoms with Gasteiger partial charge in [-0.25, -0.2) is 4.79 Å². The number of amides is 2. The fourth-order valence-corrected chi connectivity index (χ4v) is 4.97. The zero-order valence-corrected chi connectivity index (χ0v) is 14.7. The molecule has 0 bridgehead atoms. The quantitative estimate of drug-likeness (QED) is 0.689. The highest BCUT2D eigenvalue weighted by Crippen LogP contribution is 2.40. The number of carbonyl (C=O) groups is 1. The highest BCUT2D eigenvalue weighted by atomic mass is 79.9. The minimum Gasteiger partial charge on any atom is -0.323 e. The molecule has 3 rings (SSSR count). The van der Waals surface area contributed by atoms with E-state index in [0.717, 1.165) is 15.7 Å². The van der Waals surface area contributed by atoms with Crippen molar-refractivity contribution < 1.29 is 4.79 Å². The summed E-state index contributed by atoms with van der Waals surface area (Å²) >= 11 is 9.05. The Bertz CT molecular complexity index is 671. The predicted molar refractivity (Wildman–Crippen MR) is 89.7 cm³/mol. The lowest BCUT2D eigenvalue weighted by Gasteiger charge is -2.26. The number of carbonyl (C=O) groups excluding carboxylic acids is 1. The van der Waals surface area contributed by atoms with E-state index >= 15 is 0 Å². The molecule has 2 amide bonds. The molecule has 1 N–H and O–H groups in total. The van der Waals surface area contributed by atoms with Crippen LogP contribution >= 0.6 is 43.2 Å². The van der Waals surface area contributed by atoms with Gasteiger partial charge in [0.1, 0.15) is 0 Å². The summed E-state index contributed by atoms with van der Waals surface area (Å²) < 4.78 is 1.12. The van der Waals surface area contributed by atoms with E-state index in [2.05, 4.69) is 60.8 Å². The summed E-state index contributed by atoms with van der Waals surface area (Å²) in [6.07, 6.45) is 0. The largest absolute Gasteiger partial charge is 0.323 e. The van der Waals surface area contributed by atoms with Gasteiger partial charge in [0.2, 0.25) is 0 Å². The first kappa shape index (κ1) is 14.1. The second-order valence-corrected chi connectivity index (χ2v) is 7.42. The van der Waals surface area contributed by atoms with Crippen molar-refractivity contribution in [3.63, 3.8) is 0 Å². The topological polar surface area (TPSA) is 32.3 Å². The van der Waals surface area contributed by atoms with Gasteiger partial charge in [0.05, 0.1) is 4.83 Å². The van der Waals surface area contributed by atoms with Gasteiger partial charge in [0, 0.05) is 28.6 Å². The Morgan fingerprint density at radius 3 is 2.90 bits per heavy atom. The van der Waals surface area contributed by atoms with Gasteiger partial charge >= 0.3 is 6.03 Å². The zero-order valence-electron chi connectivity index (χ0n) is 10.7. The number of nitrogens with zero attached hydrogens (tertiary/aromatic N) is 1. The fraction of sp³-hybridized carbons (Fsp3) is 0.214. The van der Waals surface area contributed by atoms with E-state index in [0.29, 0.717) is 6.54 Å². The molecule has 1 aromatic heterocycles. The van der Waals surface area contributed by atoms with Crippen molar-refractivity contribution in [1.82, 2.24) is 4.90 Å². The molecular weight excluding hydrogens is 404 g/mol. The van der Waals surface area contributed by atoms with Gasteiger partial charge in [-0.2, -0.15) is 0 Å². The Morgan fingerprint density at radius 1 is 1.40 bits per heavy atom. The van der Waals surface area contributed by atoms with Crippen LogP contribution in [-0.4, -0.2) is 18.0 Å². The highest BCUT2D eigenvalue weighted by Gasteiger charge is 2.21. The van der Waals surface area contributed by atoms with Gasteiger partial charge < -0.3 is 10.2 Å². The molecule has 6 heteroatoms. The number of urea groups is 1. The monoisotopic (exact) mass is 414 g/mol. The molecule has 104 valence electrons. The summed E-state index contributed by atoms with van der Waals surface area (Å²) in [5.74, 6) is 0. The number of fused-ring (bicyclic) bond motifs is 1. The van der Waals surface area contributed by atoms with Crippen LogP contribution < -0.4 is 5.32 Å². The third-order valence-electron chi connectivity index (χ3n) is 3.29. The van der Waals surface area contributed by atoms with Gasteiger partial charge in [-0.3, -0.25) is 0 Å². The summed E-state index contributed by atoms with van der Waals surface area (Å²) in [5, 5.41) is 4.96. The summed E-state index contributed by atoms with van der Waals surface area (Å²) in [4.78, 5) is 14.7. The second kappa shape index (κ2) is 5.50. The van der Waals surface area contributed by atoms with Crippen LogP contribution in [-0.2, 0) is 6.54 Å². The molecule has 1 aromatic carbocycles. The molecule has 0 aliphatic carbocycles. The minimum atomic E-state index is -0.0540. The summed E-state index contributed by atoms with van der Waals surface area (Å²) in [6.45, 7) is 0.639. The van der Waals surface area contributed by atoms with Crippen molar-refractivity contribution in [2.75, 3.05) is 12.4 Å². The number of thiophene rings is 1. The second-order valence-electron chi connectivity index (χ2n) is 4.70. The van der Waals surface area contributed by atoms with Gasteiger partial charge in [-0.15, -0.1) is 11.3 Å². The average molecular weight is 416 g/mol. The fourth-order valence-electron chi connectivity index (χ4n) is 2.20. The standard InChI is InChI=1S/C14H12Br2N2OS/c1-18-7-9-6-8(2-3-11(9)17-14(18)19)12(16)13-10(15)4-5-20-13/h2-6,12H,7H2,1H3,(H,17,19). The minimum absolute atomic E-state index is 0.0540. The van der Waals surface area contributed by atoms with Crippen LogP contribution in [0.4, 0.5) is 10.5 Å². The van der Waals surface area contributed by atoms with E-state index in [9.17, 15) is 4.79 Å². The smallest absolute Gasteiger partial charge is 0.321 e. The van der Waals surface area contributed by atoms with E-state index in [-0.39, 0.29) is 10.9 Å². The number of rotatable bonds is 2. The van der Waals surface area contributed by atoms with Crippen LogP contribution in [0, 0.1) is 0 Å². The van der Waals surface area contributed by atoms with Crippen LogP contribution in [0.3, 0.4) is 0 Å². The third kappa shape index (κ3) is 2.52. The summed E-state index contributed by atoms with van der Waals surface area (Å²) in [7, 11) is 1.80. The van der Waals surface area contributed by atoms with E-state index in [4.69, 9.17) is 0 Å². The van der Waals surface area contributed by atoms with E-state index in [1.54, 1.807) is 23.3 Å². The Morgan fingerprint density at radius 2 is 2.20 bits per heavy atom. The van der Waals surface area contributed by atoms with Gasteiger partial charge in [-0.1, -0.05) is 28.1 Å². The molecule has 0 radical (unpaired) electrons. The van der Waals surface area contributed by atoms with Crippen molar-refractivity contribution in [2.45, 2.75) is 11.4 Å². The summed E-state index contributed by atoms with van der Waals surface area (Å²) in [6, 6.07) is 8.18. The Balaban J connectivity index is 1.95. The van der Waals surface area contributed by atoms with Crippen LogP contribution in [0.1, 0.15) is 20.8 Å². The zero-order chi connectivity index (χ0) is 14.3. The molecule has 2 aromatic rings. The van der Waals surface area contributed by atoms with Crippen molar-refractivity contribution >= 4 is 54.9 Å². The van der Waals surface area contributed by atoms with E-state index in [1.165, 1.54) is 10.4 Å². The number of benzene rings is 1. The van der Waals surface area contributed by atoms with Gasteiger partial charge in [-0.05, 0) is 44.6 Å². The highest BCUT2D eigenvalue weighted by molar-refractivity contribution is 9.11. The number of nitrogens with one attached hydrogen (secondary N) is 1. The number of hydrogen-bond donors (Lipinski definition) is 1. The van der Waals surface area contributed by atoms with Crippen LogP contribution in [0.25, 0.3) is 0 Å². The van der Waals surface area contributed by atoms with Crippen LogP contribution in [0.2, 0.25) is 0 Å². The Kier molecular flexibility index (Phi) is 3.88. The Hall–Kier alpha value is -0.850. The Labute approximate surface area is 138 Å². The molecule has 2 heterocycles. The molecule has 20 heavy (non-hydrogen) atoms. The first-order valence-electron chi connectivity index (χ1n) is 6.08. The van der Waals surface area contributed by atoms with E-state index in [1.807, 2.05) is 6.07 Å². The van der Waals surface area contributed by atoms with Crippen molar-refractivity contribution in [2.24, 2.45) is 0 Å². The lowest BCUT2D eigenvalue weighted by molar-refractivity contribution is 0.218. The third-order valence-corrected chi connectivity index (χ3v) is 6.52. The molecule has 0 fully saturated rings. The molecular formula is C14H12Br2N2OS. The number of hydrogen-bond acceptors (Lipinski definition) is 2. The lowest BCUT2D eigenvalue weighted by Crippen LogP contribution is -2.35. The SMILES string of the molecule is CN1Cc2cc(C(Br)c3sccc3Br)ccc2NC1=O. The van der Waals surface area contributed by atoms with Crippen LogP contribution in [0.5, 0.6) is 0 Å². The molecule has 1 unspecified atom stereocenters. The first-order valence-corrected chi connectivity index (χ1v) is 8.67. The van der Waals surface area contributed by atoms with Crippen molar-refractivity contribution in [1.29, 1.82) is 0 Å². The lowest BCUT2D eigenvalue weighted by atomic mass is 10.0. The molecule has 3 nitrogen and oxygen atoms in total. The maximum Gasteiger partial charge on any atom is 0.321 e. The summed E-state index contributed by atoms with van der Waals surface area (Å²) in [5.41, 5.74) is 3.24.